The van der Waals surface area contributed by atoms with E-state index in [9.17, 15) is 18.4 Å². The number of nitrogens with two attached hydrogens (primary N) is 1. The Morgan fingerprint density at radius 2 is 1.07 bits per heavy atom. The Kier molecular flexibility index (Phi) is 13.6. The Morgan fingerprint density at radius 3 is 1.54 bits per heavy atom. The van der Waals surface area contributed by atoms with Crippen molar-refractivity contribution < 1.29 is 27.1 Å². The number of furan rings is 2. The predicted molar refractivity (Wildman–Crippen MR) is 254 cm³/mol. The maximum Gasteiger partial charge on any atom is 0.330 e. The third-order valence-electron chi connectivity index (χ3n) is 10.9. The summed E-state index contributed by atoms with van der Waals surface area (Å²) in [5.41, 5.74) is 10.8. The molecule has 346 valence electrons. The average Bonchev–Trinajstić information content (AvgIpc) is 4.18. The van der Waals surface area contributed by atoms with E-state index in [1.54, 1.807) is 95.2 Å². The summed E-state index contributed by atoms with van der Waals surface area (Å²) in [6.45, 7) is 2.59. The predicted octanol–water partition coefficient (Wildman–Crippen LogP) is 8.36. The van der Waals surface area contributed by atoms with E-state index >= 15 is 0 Å². The Hall–Kier alpha value is -8.80. The van der Waals surface area contributed by atoms with Crippen molar-refractivity contribution >= 4 is 34.2 Å². The molecule has 0 fully saturated rings. The molecule has 0 bridgehead atoms. The topological polar surface area (TPSA) is 188 Å². The Morgan fingerprint density at radius 1 is 0.603 bits per heavy atom. The lowest BCUT2D eigenvalue weighted by molar-refractivity contribution is 0.414. The van der Waals surface area contributed by atoms with E-state index < -0.39 is 0 Å². The van der Waals surface area contributed by atoms with Crippen molar-refractivity contribution in [1.29, 1.82) is 0 Å². The van der Waals surface area contributed by atoms with Gasteiger partial charge in [-0.3, -0.25) is 18.3 Å². The number of hydrogen-bond donors (Lipinski definition) is 2. The van der Waals surface area contributed by atoms with Gasteiger partial charge in [-0.1, -0.05) is 66.2 Å². The van der Waals surface area contributed by atoms with E-state index in [1.165, 1.54) is 42.2 Å². The molecule has 6 aromatic heterocycles. The van der Waals surface area contributed by atoms with E-state index in [-0.39, 0.29) is 42.1 Å². The summed E-state index contributed by atoms with van der Waals surface area (Å²) in [6.07, 6.45) is 3.05. The summed E-state index contributed by atoms with van der Waals surface area (Å²) in [5.74, 6) is 2.21. The second-order valence-electron chi connectivity index (χ2n) is 15.4. The minimum atomic E-state index is -0.389. The molecule has 16 nitrogen and oxygen atoms in total. The Labute approximate surface area is 387 Å². The zero-order valence-corrected chi connectivity index (χ0v) is 37.7. The van der Waals surface area contributed by atoms with E-state index in [2.05, 4.69) is 32.2 Å². The molecule has 10 rings (SSSR count). The first-order valence-corrected chi connectivity index (χ1v) is 21.2. The molecule has 0 aliphatic heterocycles. The lowest BCUT2D eigenvalue weighted by Crippen LogP contribution is -2.23. The van der Waals surface area contributed by atoms with Gasteiger partial charge >= 0.3 is 11.4 Å². The van der Waals surface area contributed by atoms with Crippen LogP contribution in [0, 0.1) is 18.6 Å². The summed E-state index contributed by atoms with van der Waals surface area (Å²) >= 11 is 0. The van der Waals surface area contributed by atoms with Crippen molar-refractivity contribution in [3.8, 4) is 34.4 Å². The summed E-state index contributed by atoms with van der Waals surface area (Å²) < 4.78 is 55.2. The molecular weight excluding hydrogens is 875 g/mol. The Balaban J connectivity index is 0.000000160. The largest absolute Gasteiger partial charge is 0.497 e. The maximum absolute atomic E-state index is 14.4. The monoisotopic (exact) mass is 920 g/mol. The highest BCUT2D eigenvalue weighted by molar-refractivity contribution is 5.88. The lowest BCUT2D eigenvalue weighted by atomic mass is 10.2. The van der Waals surface area contributed by atoms with Gasteiger partial charge in [0.25, 0.3) is 0 Å². The molecule has 0 atom stereocenters. The van der Waals surface area contributed by atoms with E-state index in [4.69, 9.17) is 24.0 Å². The third-order valence-corrected chi connectivity index (χ3v) is 10.9. The molecule has 3 N–H and O–H groups in total. The summed E-state index contributed by atoms with van der Waals surface area (Å²) in [4.78, 5) is 43.5. The first-order chi connectivity index (χ1) is 32.9. The summed E-state index contributed by atoms with van der Waals surface area (Å²) in [6, 6.07) is 35.2. The van der Waals surface area contributed by atoms with Crippen LogP contribution in [0.3, 0.4) is 0 Å². The van der Waals surface area contributed by atoms with E-state index in [0.29, 0.717) is 68.9 Å². The van der Waals surface area contributed by atoms with Crippen molar-refractivity contribution in [3.63, 3.8) is 0 Å². The quantitative estimate of drug-likeness (QED) is 0.126. The molecule has 18 heteroatoms. The zero-order chi connectivity index (χ0) is 47.9. The third kappa shape index (κ3) is 9.74. The minimum absolute atomic E-state index is 0.00628. The Bertz CT molecular complexity index is 3430. The molecule has 0 spiro atoms. The molecular formula is C50H46F2N10O6. The fraction of sp³-hybridized carbons (Fsp3) is 0.160. The van der Waals surface area contributed by atoms with Gasteiger partial charge < -0.3 is 29.4 Å². The summed E-state index contributed by atoms with van der Waals surface area (Å²) in [7, 11) is 6.54. The van der Waals surface area contributed by atoms with Crippen LogP contribution in [-0.2, 0) is 33.7 Å². The normalized spacial score (nSPS) is 10.9. The van der Waals surface area contributed by atoms with Gasteiger partial charge in [-0.05, 0) is 73.2 Å². The van der Waals surface area contributed by atoms with Gasteiger partial charge in [0.2, 0.25) is 11.9 Å². The molecule has 10 aromatic rings. The molecule has 6 heterocycles. The second-order valence-corrected chi connectivity index (χ2v) is 15.4. The van der Waals surface area contributed by atoms with Gasteiger partial charge in [0.1, 0.15) is 45.6 Å². The number of anilines is 2. The number of imidazole rings is 2. The first-order valence-electron chi connectivity index (χ1n) is 21.2. The minimum Gasteiger partial charge on any atom is -0.497 e. The molecule has 4 aromatic carbocycles. The molecule has 0 unspecified atom stereocenters. The van der Waals surface area contributed by atoms with Crippen LogP contribution in [0.2, 0.25) is 0 Å². The number of rotatable bonds is 11. The van der Waals surface area contributed by atoms with Gasteiger partial charge in [-0.15, -0.1) is 0 Å². The highest BCUT2D eigenvalue weighted by atomic mass is 19.1. The molecule has 0 saturated carbocycles. The number of ether oxygens (including phenoxy) is 2. The highest BCUT2D eigenvalue weighted by Gasteiger charge is 2.23. The van der Waals surface area contributed by atoms with Crippen molar-refractivity contribution in [1.82, 2.24) is 38.2 Å². The maximum atomic E-state index is 14.4. The van der Waals surface area contributed by atoms with E-state index in [0.717, 1.165) is 17.1 Å². The standard InChI is InChI=1S/C25H22FN5O3.C17H14FN5O2.C8H10O/c1-30-22-21(20-8-5-13-34-20)28-24(27-14-16-9-11-18(33-2)12-10-16)29-23(22)31(25(30)32)15-17-6-3-4-7-19(17)26;1-22-14-13(12-7-4-8-25-12)20-16(19)21-15(14)23(17(22)24)9-10-5-2-3-6-11(10)18;1-7-3-5-8(9-2)6-4-7/h3-13H,14-15H2,1-2H3,(H,27,28,29);2-8H,9H2,1H3,(H2,19,20,21);3-6H,1-2H3. The van der Waals surface area contributed by atoms with E-state index in [1.807, 2.05) is 48.5 Å². The number of aryl methyl sites for hydroxylation is 3. The first kappa shape index (κ1) is 45.8. The van der Waals surface area contributed by atoms with Gasteiger partial charge in [-0.2, -0.15) is 9.97 Å². The van der Waals surface area contributed by atoms with Crippen LogP contribution in [0.4, 0.5) is 20.7 Å². The van der Waals surface area contributed by atoms with Gasteiger partial charge in [0, 0.05) is 31.8 Å². The summed E-state index contributed by atoms with van der Waals surface area (Å²) in [5, 5.41) is 3.22. The molecule has 0 aliphatic carbocycles. The number of aromatic nitrogens is 8. The fourth-order valence-electron chi connectivity index (χ4n) is 7.36. The number of nitrogens with one attached hydrogen (secondary N) is 1. The lowest BCUT2D eigenvalue weighted by Gasteiger charge is -2.10. The highest BCUT2D eigenvalue weighted by Crippen LogP contribution is 2.29. The number of methoxy groups -OCH3 is 2. The van der Waals surface area contributed by atoms with Crippen LogP contribution in [0.25, 0.3) is 45.2 Å². The van der Waals surface area contributed by atoms with Gasteiger partial charge in [-0.25, -0.2) is 28.3 Å². The number of fused-ring (bicyclic) bond motifs is 2. The van der Waals surface area contributed by atoms with Crippen LogP contribution < -0.4 is 31.9 Å². The van der Waals surface area contributed by atoms with Crippen LogP contribution in [0.5, 0.6) is 11.5 Å². The van der Waals surface area contributed by atoms with Crippen LogP contribution in [0.15, 0.2) is 152 Å². The van der Waals surface area contributed by atoms with Crippen molar-refractivity contribution in [2.45, 2.75) is 26.6 Å². The van der Waals surface area contributed by atoms with Gasteiger partial charge in [0.05, 0.1) is 39.8 Å². The molecule has 0 radical (unpaired) electrons. The number of hydrogen-bond acceptors (Lipinski definition) is 12. The molecule has 0 aliphatic rings. The fourth-order valence-corrected chi connectivity index (χ4v) is 7.36. The van der Waals surface area contributed by atoms with Crippen molar-refractivity contribution in [3.05, 3.63) is 189 Å². The molecule has 0 amide bonds. The zero-order valence-electron chi connectivity index (χ0n) is 37.7. The molecule has 68 heavy (non-hydrogen) atoms. The number of benzene rings is 4. The number of nitrogen functional groups attached to an aromatic ring is 1. The second kappa shape index (κ2) is 20.2. The van der Waals surface area contributed by atoms with Crippen molar-refractivity contribution in [2.75, 3.05) is 25.3 Å². The number of halogens is 2. The van der Waals surface area contributed by atoms with Crippen LogP contribution in [-0.4, -0.2) is 52.4 Å². The van der Waals surface area contributed by atoms with Gasteiger partial charge in [0.15, 0.2) is 22.8 Å². The van der Waals surface area contributed by atoms with Crippen molar-refractivity contribution in [2.24, 2.45) is 14.1 Å². The molecule has 0 saturated heterocycles. The number of nitrogens with zero attached hydrogens (tertiary/aromatic N) is 8. The SMILES string of the molecule is COc1ccc(C)cc1.COc1ccc(CNc2nc(-c3ccco3)c3c(n2)n(Cc2ccccc2F)c(=O)n3C)cc1.Cn1c(=O)n(Cc2ccccc2F)c2nc(N)nc(-c3ccco3)c21. The van der Waals surface area contributed by atoms with Crippen LogP contribution >= 0.6 is 0 Å². The average molecular weight is 921 g/mol. The van der Waals surface area contributed by atoms with Crippen LogP contribution in [0.1, 0.15) is 22.3 Å². The smallest absolute Gasteiger partial charge is 0.330 e.